The Hall–Kier alpha value is -1.47. The van der Waals surface area contributed by atoms with Gasteiger partial charge in [0.15, 0.2) is 0 Å². The van der Waals surface area contributed by atoms with Crippen molar-refractivity contribution in [3.8, 4) is 0 Å². The van der Waals surface area contributed by atoms with Crippen molar-refractivity contribution in [1.29, 1.82) is 0 Å². The Morgan fingerprint density at radius 1 is 0.737 bits per heavy atom. The molecule has 0 atom stereocenters. The summed E-state index contributed by atoms with van der Waals surface area (Å²) in [7, 11) is -0.537. The predicted molar refractivity (Wildman–Crippen MR) is 90.5 cm³/mol. The summed E-state index contributed by atoms with van der Waals surface area (Å²) in [4.78, 5) is 0. The van der Waals surface area contributed by atoms with Gasteiger partial charge in [0.25, 0.3) is 0 Å². The second kappa shape index (κ2) is 4.57. The summed E-state index contributed by atoms with van der Waals surface area (Å²) < 4.78 is 0. The van der Waals surface area contributed by atoms with Crippen LogP contribution in [-0.4, -0.2) is 18.8 Å². The van der Waals surface area contributed by atoms with Crippen molar-refractivity contribution in [3.63, 3.8) is 0 Å². The van der Waals surface area contributed by atoms with E-state index < -0.39 is 10.0 Å². The minimum Gasteiger partial charge on any atom is -0.246 e. The van der Waals surface area contributed by atoms with Crippen LogP contribution in [0.2, 0.25) is 0 Å². The van der Waals surface area contributed by atoms with Gasteiger partial charge in [0.2, 0.25) is 0 Å². The van der Waals surface area contributed by atoms with Crippen LogP contribution >= 0.6 is 10.0 Å². The Labute approximate surface area is 116 Å². The van der Waals surface area contributed by atoms with Crippen LogP contribution in [0.1, 0.15) is 5.56 Å². The molecule has 19 heavy (non-hydrogen) atoms. The number of benzene rings is 3. The molecule has 0 radical (unpaired) electrons. The van der Waals surface area contributed by atoms with Crippen LogP contribution in [0, 0.1) is 0 Å². The van der Waals surface area contributed by atoms with Crippen LogP contribution < -0.4 is 0 Å². The quantitative estimate of drug-likeness (QED) is 0.561. The second-order valence-corrected chi connectivity index (χ2v) is 10.5. The van der Waals surface area contributed by atoms with E-state index in [2.05, 4.69) is 73.4 Å². The van der Waals surface area contributed by atoms with Crippen molar-refractivity contribution in [2.45, 2.75) is 5.75 Å². The monoisotopic (exact) mass is 268 g/mol. The fourth-order valence-corrected chi connectivity index (χ4v) is 3.89. The van der Waals surface area contributed by atoms with Gasteiger partial charge >= 0.3 is 0 Å². The average Bonchev–Trinajstić information content (AvgIpc) is 2.37. The Morgan fingerprint density at radius 3 is 2.00 bits per heavy atom. The first kappa shape index (κ1) is 12.6. The maximum atomic E-state index is 2.39. The highest BCUT2D eigenvalue weighted by Gasteiger charge is 2.11. The smallest absolute Gasteiger partial charge is 0.00241 e. The summed E-state index contributed by atoms with van der Waals surface area (Å²) in [5.41, 5.74) is 1.50. The Bertz CT molecular complexity index is 735. The van der Waals surface area contributed by atoms with Crippen molar-refractivity contribution < 1.29 is 0 Å². The first-order valence-electron chi connectivity index (χ1n) is 6.60. The Balaban J connectivity index is 2.36. The molecular formula is C18H20S. The van der Waals surface area contributed by atoms with Crippen molar-refractivity contribution in [2.24, 2.45) is 0 Å². The summed E-state index contributed by atoms with van der Waals surface area (Å²) in [5, 5.41) is 5.54. The molecule has 3 rings (SSSR count). The van der Waals surface area contributed by atoms with Gasteiger partial charge in [-0.15, -0.1) is 0 Å². The molecule has 0 fully saturated rings. The molecule has 0 aliphatic heterocycles. The molecule has 0 saturated carbocycles. The van der Waals surface area contributed by atoms with E-state index in [4.69, 9.17) is 0 Å². The molecule has 3 aromatic carbocycles. The first-order chi connectivity index (χ1) is 9.04. The molecule has 0 N–H and O–H groups in total. The summed E-state index contributed by atoms with van der Waals surface area (Å²) in [6.07, 6.45) is 7.16. The molecule has 3 aromatic rings. The van der Waals surface area contributed by atoms with Crippen molar-refractivity contribution in [2.75, 3.05) is 18.8 Å². The number of fused-ring (bicyclic) bond motifs is 3. The molecule has 1 heteroatoms. The van der Waals surface area contributed by atoms with E-state index in [1.165, 1.54) is 32.9 Å². The molecule has 0 amide bonds. The highest BCUT2D eigenvalue weighted by atomic mass is 32.3. The lowest BCUT2D eigenvalue weighted by Gasteiger charge is -2.26. The van der Waals surface area contributed by atoms with Gasteiger partial charge in [-0.2, -0.15) is 0 Å². The zero-order valence-corrected chi connectivity index (χ0v) is 12.6. The van der Waals surface area contributed by atoms with Crippen molar-refractivity contribution in [3.05, 3.63) is 60.2 Å². The van der Waals surface area contributed by atoms with Crippen molar-refractivity contribution in [1.82, 2.24) is 0 Å². The standard InChI is InChI=1S/C18H20S/c1-19(2,3)13-15-12-14-8-4-5-9-16(14)18-11-7-6-10-17(15)18/h4-12H,13H2,1-3H3. The minimum absolute atomic E-state index is 0.537. The fourth-order valence-electron chi connectivity index (χ4n) is 2.72. The molecule has 0 saturated heterocycles. The van der Waals surface area contributed by atoms with Gasteiger partial charge < -0.3 is 0 Å². The number of rotatable bonds is 2. The van der Waals surface area contributed by atoms with E-state index in [9.17, 15) is 0 Å². The maximum absolute atomic E-state index is 2.39. The predicted octanol–water partition coefficient (Wildman–Crippen LogP) is 5.19. The molecule has 0 aromatic heterocycles. The van der Waals surface area contributed by atoms with Crippen LogP contribution in [0.15, 0.2) is 54.6 Å². The second-order valence-electron chi connectivity index (χ2n) is 6.04. The molecule has 0 bridgehead atoms. The third-order valence-corrected chi connectivity index (χ3v) is 4.62. The van der Waals surface area contributed by atoms with E-state index in [1.54, 1.807) is 0 Å². The van der Waals surface area contributed by atoms with E-state index in [0.717, 1.165) is 0 Å². The van der Waals surface area contributed by atoms with Crippen molar-refractivity contribution >= 4 is 31.6 Å². The Morgan fingerprint density at radius 2 is 1.32 bits per heavy atom. The van der Waals surface area contributed by atoms with E-state index in [1.807, 2.05) is 0 Å². The zero-order valence-electron chi connectivity index (χ0n) is 11.8. The zero-order chi connectivity index (χ0) is 13.5. The molecule has 0 heterocycles. The van der Waals surface area contributed by atoms with E-state index in [-0.39, 0.29) is 0 Å². The van der Waals surface area contributed by atoms with Gasteiger partial charge in [-0.05, 0) is 51.9 Å². The highest BCUT2D eigenvalue weighted by molar-refractivity contribution is 8.31. The Kier molecular flexibility index (Phi) is 3.02. The third-order valence-electron chi connectivity index (χ3n) is 3.44. The van der Waals surface area contributed by atoms with E-state index >= 15 is 0 Å². The average molecular weight is 268 g/mol. The van der Waals surface area contributed by atoms with Gasteiger partial charge in [0, 0.05) is 5.75 Å². The number of hydrogen-bond donors (Lipinski definition) is 0. The normalized spacial score (nSPS) is 13.0. The lowest BCUT2D eigenvalue weighted by Crippen LogP contribution is -1.98. The third kappa shape index (κ3) is 2.48. The summed E-state index contributed by atoms with van der Waals surface area (Å²) in [6.45, 7) is 0. The maximum Gasteiger partial charge on any atom is 0.00241 e. The lowest BCUT2D eigenvalue weighted by molar-refractivity contribution is 1.45. The minimum atomic E-state index is -0.537. The number of hydrogen-bond acceptors (Lipinski definition) is 0. The molecule has 0 aliphatic carbocycles. The fraction of sp³-hybridized carbons (Fsp3) is 0.222. The highest BCUT2D eigenvalue weighted by Crippen LogP contribution is 2.42. The molecule has 0 aliphatic rings. The van der Waals surface area contributed by atoms with E-state index in [0.29, 0.717) is 0 Å². The molecule has 0 unspecified atom stereocenters. The largest absolute Gasteiger partial charge is 0.246 e. The molecule has 98 valence electrons. The van der Waals surface area contributed by atoms with Gasteiger partial charge in [-0.1, -0.05) is 48.5 Å². The summed E-state index contributed by atoms with van der Waals surface area (Å²) in [6, 6.07) is 19.9. The first-order valence-corrected chi connectivity index (χ1v) is 9.63. The topological polar surface area (TPSA) is 0 Å². The summed E-state index contributed by atoms with van der Waals surface area (Å²) in [5.74, 6) is 1.19. The van der Waals surface area contributed by atoms with Gasteiger partial charge in [-0.3, -0.25) is 0 Å². The molecule has 0 spiro atoms. The molecule has 0 nitrogen and oxygen atoms in total. The lowest BCUT2D eigenvalue weighted by atomic mass is 9.98. The van der Waals surface area contributed by atoms with Crippen LogP contribution in [0.25, 0.3) is 21.5 Å². The van der Waals surface area contributed by atoms with Crippen LogP contribution in [-0.2, 0) is 5.75 Å². The van der Waals surface area contributed by atoms with Crippen LogP contribution in [0.3, 0.4) is 0 Å². The molecular weight excluding hydrogens is 248 g/mol. The SMILES string of the molecule is CS(C)(C)Cc1cc2ccccc2c2ccccc12. The van der Waals surface area contributed by atoms with Gasteiger partial charge in [0.1, 0.15) is 0 Å². The van der Waals surface area contributed by atoms with Gasteiger partial charge in [-0.25, -0.2) is 10.0 Å². The summed E-state index contributed by atoms with van der Waals surface area (Å²) >= 11 is 0. The van der Waals surface area contributed by atoms with Crippen LogP contribution in [0.5, 0.6) is 0 Å². The van der Waals surface area contributed by atoms with Crippen LogP contribution in [0.4, 0.5) is 0 Å². The van der Waals surface area contributed by atoms with Gasteiger partial charge in [0.05, 0.1) is 0 Å².